The molecule has 1 aromatic rings. The molecule has 0 unspecified atom stereocenters. The maximum Gasteiger partial charge on any atom is 0.185 e. The first-order chi connectivity index (χ1) is 7.12. The lowest BCUT2D eigenvalue weighted by molar-refractivity contribution is 0.705. The van der Waals surface area contributed by atoms with E-state index in [1.807, 2.05) is 18.2 Å². The molecule has 5 heteroatoms. The van der Waals surface area contributed by atoms with Crippen molar-refractivity contribution in [3.05, 3.63) is 34.9 Å². The molecular weight excluding hydrogens is 336 g/mol. The third-order valence-electron chi connectivity index (χ3n) is 2.85. The van der Waals surface area contributed by atoms with E-state index in [0.29, 0.717) is 6.54 Å². The van der Waals surface area contributed by atoms with Gasteiger partial charge in [0.1, 0.15) is 0 Å². The summed E-state index contributed by atoms with van der Waals surface area (Å²) >= 11 is 5.96. The molecule has 3 nitrogen and oxygen atoms in total. The molecule has 1 aromatic carbocycles. The third-order valence-corrected chi connectivity index (χ3v) is 3.09. The fraction of sp³-hybridized carbons (Fsp3) is 0.364. The molecule has 1 aliphatic carbocycles. The number of guanidine groups is 1. The van der Waals surface area contributed by atoms with Gasteiger partial charge in [-0.1, -0.05) is 23.7 Å². The van der Waals surface area contributed by atoms with Crippen molar-refractivity contribution in [2.45, 2.75) is 18.3 Å². The standard InChI is InChI=1S/C11H14ClN3.HI/c12-9-3-1-2-8(6-9)11(4-5-11)7-15-10(13)14;/h1-3,6H,4-5,7H2,(H4,13,14,15);1H. The molecule has 0 spiro atoms. The zero-order chi connectivity index (χ0) is 10.9. The molecule has 0 radical (unpaired) electrons. The molecule has 0 amide bonds. The predicted octanol–water partition coefficient (Wildman–Crippen LogP) is 2.26. The predicted molar refractivity (Wildman–Crippen MR) is 78.5 cm³/mol. The minimum absolute atomic E-state index is 0. The Bertz CT molecular complexity index is 398. The fourth-order valence-corrected chi connectivity index (χ4v) is 1.94. The summed E-state index contributed by atoms with van der Waals surface area (Å²) in [5.41, 5.74) is 12.0. The molecule has 0 atom stereocenters. The molecule has 1 fully saturated rings. The highest BCUT2D eigenvalue weighted by Gasteiger charge is 2.44. The first-order valence-electron chi connectivity index (χ1n) is 4.94. The lowest BCUT2D eigenvalue weighted by Crippen LogP contribution is -2.25. The van der Waals surface area contributed by atoms with E-state index >= 15 is 0 Å². The van der Waals surface area contributed by atoms with Crippen LogP contribution >= 0.6 is 35.6 Å². The number of aliphatic imine (C=N–C) groups is 1. The molecule has 0 saturated heterocycles. The number of hydrogen-bond acceptors (Lipinski definition) is 1. The van der Waals surface area contributed by atoms with E-state index in [4.69, 9.17) is 23.1 Å². The molecule has 0 heterocycles. The van der Waals surface area contributed by atoms with Crippen LogP contribution in [0.2, 0.25) is 5.02 Å². The van der Waals surface area contributed by atoms with E-state index in [0.717, 1.165) is 17.9 Å². The number of nitrogens with two attached hydrogens (primary N) is 2. The van der Waals surface area contributed by atoms with E-state index in [9.17, 15) is 0 Å². The Hall–Kier alpha value is -0.490. The average molecular weight is 352 g/mol. The van der Waals surface area contributed by atoms with Gasteiger partial charge in [0.2, 0.25) is 0 Å². The first-order valence-corrected chi connectivity index (χ1v) is 5.32. The second-order valence-corrected chi connectivity index (χ2v) is 4.47. The largest absolute Gasteiger partial charge is 0.370 e. The molecule has 0 aliphatic heterocycles. The summed E-state index contributed by atoms with van der Waals surface area (Å²) in [7, 11) is 0. The van der Waals surface area contributed by atoms with Crippen molar-refractivity contribution in [2.75, 3.05) is 6.54 Å². The Kier molecular flexibility index (Phi) is 4.43. The molecule has 1 saturated carbocycles. The molecule has 2 rings (SSSR count). The van der Waals surface area contributed by atoms with Crippen molar-refractivity contribution in [1.82, 2.24) is 0 Å². The summed E-state index contributed by atoms with van der Waals surface area (Å²) in [6.07, 6.45) is 2.26. The van der Waals surface area contributed by atoms with Gasteiger partial charge in [-0.25, -0.2) is 0 Å². The van der Waals surface area contributed by atoms with Crippen LogP contribution < -0.4 is 11.5 Å². The van der Waals surface area contributed by atoms with Gasteiger partial charge in [0.15, 0.2) is 5.96 Å². The van der Waals surface area contributed by atoms with Crippen LogP contribution in [0.3, 0.4) is 0 Å². The Morgan fingerprint density at radius 3 is 2.56 bits per heavy atom. The molecule has 0 aromatic heterocycles. The van der Waals surface area contributed by atoms with Gasteiger partial charge < -0.3 is 11.5 Å². The maximum atomic E-state index is 5.96. The Morgan fingerprint density at radius 1 is 1.38 bits per heavy atom. The monoisotopic (exact) mass is 351 g/mol. The SMILES string of the molecule is I.NC(N)=NCC1(c2cccc(Cl)c2)CC1. The Morgan fingerprint density at radius 2 is 2.06 bits per heavy atom. The zero-order valence-electron chi connectivity index (χ0n) is 8.82. The first kappa shape index (κ1) is 13.6. The lowest BCUT2D eigenvalue weighted by atomic mass is 9.96. The highest BCUT2D eigenvalue weighted by molar-refractivity contribution is 14.0. The lowest BCUT2D eigenvalue weighted by Gasteiger charge is -2.13. The topological polar surface area (TPSA) is 64.4 Å². The van der Waals surface area contributed by atoms with Crippen LogP contribution in [0.4, 0.5) is 0 Å². The van der Waals surface area contributed by atoms with Gasteiger partial charge in [-0.15, -0.1) is 24.0 Å². The second kappa shape index (κ2) is 5.23. The van der Waals surface area contributed by atoms with Crippen LogP contribution in [0, 0.1) is 0 Å². The van der Waals surface area contributed by atoms with Gasteiger partial charge >= 0.3 is 0 Å². The molecule has 1 aliphatic rings. The van der Waals surface area contributed by atoms with Crippen LogP contribution in [0.25, 0.3) is 0 Å². The maximum absolute atomic E-state index is 5.96. The van der Waals surface area contributed by atoms with E-state index in [2.05, 4.69) is 11.1 Å². The highest BCUT2D eigenvalue weighted by Crippen LogP contribution is 2.48. The van der Waals surface area contributed by atoms with Gasteiger partial charge in [-0.3, -0.25) is 4.99 Å². The summed E-state index contributed by atoms with van der Waals surface area (Å²) < 4.78 is 0. The minimum atomic E-state index is 0. The van der Waals surface area contributed by atoms with Crippen LogP contribution in [-0.2, 0) is 5.41 Å². The van der Waals surface area contributed by atoms with Gasteiger partial charge in [0.25, 0.3) is 0 Å². The molecule has 4 N–H and O–H groups in total. The quantitative estimate of drug-likeness (QED) is 0.498. The second-order valence-electron chi connectivity index (χ2n) is 4.03. The van der Waals surface area contributed by atoms with Crippen molar-refractivity contribution >= 4 is 41.5 Å². The average Bonchev–Trinajstić information content (AvgIpc) is 2.96. The van der Waals surface area contributed by atoms with E-state index in [1.165, 1.54) is 5.56 Å². The van der Waals surface area contributed by atoms with Crippen molar-refractivity contribution in [3.8, 4) is 0 Å². The van der Waals surface area contributed by atoms with Crippen molar-refractivity contribution in [2.24, 2.45) is 16.5 Å². The molecule has 88 valence electrons. The molecule has 16 heavy (non-hydrogen) atoms. The van der Waals surface area contributed by atoms with Crippen molar-refractivity contribution in [3.63, 3.8) is 0 Å². The minimum Gasteiger partial charge on any atom is -0.370 e. The van der Waals surface area contributed by atoms with E-state index in [1.54, 1.807) is 0 Å². The van der Waals surface area contributed by atoms with E-state index in [-0.39, 0.29) is 35.4 Å². The zero-order valence-corrected chi connectivity index (χ0v) is 11.9. The van der Waals surface area contributed by atoms with Gasteiger partial charge in [-0.05, 0) is 30.5 Å². The number of hydrogen-bond donors (Lipinski definition) is 2. The number of benzene rings is 1. The highest BCUT2D eigenvalue weighted by atomic mass is 127. The normalized spacial score (nSPS) is 16.1. The van der Waals surface area contributed by atoms with Gasteiger partial charge in [-0.2, -0.15) is 0 Å². The van der Waals surface area contributed by atoms with Crippen LogP contribution in [0.5, 0.6) is 0 Å². The summed E-state index contributed by atoms with van der Waals surface area (Å²) in [5.74, 6) is 0.156. The third kappa shape index (κ3) is 3.01. The fourth-order valence-electron chi connectivity index (χ4n) is 1.75. The molecule has 0 bridgehead atoms. The van der Waals surface area contributed by atoms with Crippen LogP contribution in [-0.4, -0.2) is 12.5 Å². The summed E-state index contributed by atoms with van der Waals surface area (Å²) in [5, 5.41) is 0.767. The van der Waals surface area contributed by atoms with E-state index < -0.39 is 0 Å². The van der Waals surface area contributed by atoms with Crippen molar-refractivity contribution < 1.29 is 0 Å². The summed E-state index contributed by atoms with van der Waals surface area (Å²) in [6, 6.07) is 7.92. The van der Waals surface area contributed by atoms with Gasteiger partial charge in [0.05, 0.1) is 6.54 Å². The number of rotatable bonds is 3. The Balaban J connectivity index is 0.00000128. The Labute approximate surface area is 117 Å². The number of nitrogens with zero attached hydrogens (tertiary/aromatic N) is 1. The van der Waals surface area contributed by atoms with Crippen LogP contribution in [0.1, 0.15) is 18.4 Å². The summed E-state index contributed by atoms with van der Waals surface area (Å²) in [4.78, 5) is 4.09. The molecular formula is C11H15ClIN3. The van der Waals surface area contributed by atoms with Gasteiger partial charge in [0, 0.05) is 10.4 Å². The number of halogens is 2. The smallest absolute Gasteiger partial charge is 0.185 e. The summed E-state index contributed by atoms with van der Waals surface area (Å²) in [6.45, 7) is 0.662. The van der Waals surface area contributed by atoms with Crippen molar-refractivity contribution in [1.29, 1.82) is 0 Å². The van der Waals surface area contributed by atoms with Crippen LogP contribution in [0.15, 0.2) is 29.3 Å².